The number of halogens is 1. The lowest BCUT2D eigenvalue weighted by molar-refractivity contribution is 0.0219. The van der Waals surface area contributed by atoms with E-state index in [-0.39, 0.29) is 12.1 Å². The van der Waals surface area contributed by atoms with Crippen molar-refractivity contribution in [3.05, 3.63) is 40.8 Å². The van der Waals surface area contributed by atoms with E-state index in [1.165, 1.54) is 0 Å². The second-order valence-corrected chi connectivity index (χ2v) is 7.94. The van der Waals surface area contributed by atoms with Crippen LogP contribution in [-0.4, -0.2) is 33.1 Å². The minimum absolute atomic E-state index is 0.0549. The predicted molar refractivity (Wildman–Crippen MR) is 96.6 cm³/mol. The molecule has 2 aromatic rings. The lowest BCUT2D eigenvalue weighted by Crippen LogP contribution is -2.36. The number of carbonyl (C=O) groups is 1. The Balaban J connectivity index is 1.80. The van der Waals surface area contributed by atoms with Gasteiger partial charge < -0.3 is 9.72 Å². The lowest BCUT2D eigenvalue weighted by Gasteiger charge is -2.27. The first-order chi connectivity index (χ1) is 11.3. The Morgan fingerprint density at radius 3 is 2.92 bits per heavy atom. The molecule has 0 aliphatic carbocycles. The van der Waals surface area contributed by atoms with Crippen LogP contribution in [0.25, 0.3) is 11.3 Å². The molecular weight excluding hydrogens is 370 g/mol. The van der Waals surface area contributed by atoms with Crippen LogP contribution in [0.3, 0.4) is 0 Å². The quantitative estimate of drug-likeness (QED) is 0.790. The van der Waals surface area contributed by atoms with Gasteiger partial charge in [-0.25, -0.2) is 9.78 Å². The van der Waals surface area contributed by atoms with E-state index in [2.05, 4.69) is 25.9 Å². The molecule has 0 radical (unpaired) electrons. The smallest absolute Gasteiger partial charge is 0.410 e. The number of imidazole rings is 1. The largest absolute Gasteiger partial charge is 0.444 e. The zero-order valence-corrected chi connectivity index (χ0v) is 15.8. The monoisotopic (exact) mass is 391 g/mol. The lowest BCUT2D eigenvalue weighted by atomic mass is 10.2. The summed E-state index contributed by atoms with van der Waals surface area (Å²) >= 11 is 3.49. The number of amides is 1. The number of ether oxygens (including phenoxy) is 1. The van der Waals surface area contributed by atoms with Crippen LogP contribution in [-0.2, 0) is 4.74 Å². The van der Waals surface area contributed by atoms with Crippen LogP contribution in [0.4, 0.5) is 4.79 Å². The Labute approximate surface area is 150 Å². The number of rotatable bonds is 2. The van der Waals surface area contributed by atoms with Crippen LogP contribution in [0.1, 0.15) is 45.5 Å². The van der Waals surface area contributed by atoms with E-state index in [1.807, 2.05) is 51.2 Å². The number of aromatic amines is 1. The molecule has 128 valence electrons. The van der Waals surface area contributed by atoms with E-state index in [9.17, 15) is 4.79 Å². The molecule has 0 bridgehead atoms. The van der Waals surface area contributed by atoms with Crippen LogP contribution in [0.5, 0.6) is 0 Å². The van der Waals surface area contributed by atoms with Gasteiger partial charge in [-0.1, -0.05) is 28.1 Å². The maximum absolute atomic E-state index is 12.4. The number of likely N-dealkylation sites (tertiary alicyclic amines) is 1. The zero-order chi connectivity index (χ0) is 17.3. The summed E-state index contributed by atoms with van der Waals surface area (Å²) in [6.07, 6.45) is 3.40. The molecule has 1 atom stereocenters. The first-order valence-electron chi connectivity index (χ1n) is 8.14. The fraction of sp³-hybridized carbons (Fsp3) is 0.444. The number of hydrogen-bond donors (Lipinski definition) is 1. The van der Waals surface area contributed by atoms with Crippen molar-refractivity contribution in [1.29, 1.82) is 0 Å². The number of benzene rings is 1. The Kier molecular flexibility index (Phi) is 4.67. The van der Waals surface area contributed by atoms with Gasteiger partial charge in [0, 0.05) is 16.6 Å². The average Bonchev–Trinajstić information content (AvgIpc) is 3.14. The molecule has 2 heterocycles. The maximum atomic E-state index is 12.4. The van der Waals surface area contributed by atoms with Crippen LogP contribution >= 0.6 is 15.9 Å². The van der Waals surface area contributed by atoms with Crippen molar-refractivity contribution in [2.45, 2.75) is 45.3 Å². The Hall–Kier alpha value is -1.82. The van der Waals surface area contributed by atoms with Gasteiger partial charge in [0.05, 0.1) is 17.9 Å². The molecule has 1 aliphatic heterocycles. The van der Waals surface area contributed by atoms with Gasteiger partial charge in [0.15, 0.2) is 0 Å². The zero-order valence-electron chi connectivity index (χ0n) is 14.2. The molecule has 6 heteroatoms. The minimum atomic E-state index is -0.491. The van der Waals surface area contributed by atoms with Crippen molar-refractivity contribution >= 4 is 22.0 Å². The van der Waals surface area contributed by atoms with E-state index in [1.54, 1.807) is 4.90 Å². The molecule has 0 spiro atoms. The predicted octanol–water partition coefficient (Wildman–Crippen LogP) is 4.91. The fourth-order valence-electron chi connectivity index (χ4n) is 2.90. The molecule has 3 rings (SSSR count). The molecule has 1 aromatic heterocycles. The average molecular weight is 392 g/mol. The highest BCUT2D eigenvalue weighted by molar-refractivity contribution is 9.10. The number of H-pyrrole nitrogens is 1. The van der Waals surface area contributed by atoms with Gasteiger partial charge in [-0.15, -0.1) is 0 Å². The van der Waals surface area contributed by atoms with Crippen LogP contribution in [0.2, 0.25) is 0 Å². The van der Waals surface area contributed by atoms with Gasteiger partial charge in [-0.05, 0) is 45.7 Å². The van der Waals surface area contributed by atoms with Crippen LogP contribution in [0, 0.1) is 0 Å². The molecule has 5 nitrogen and oxygen atoms in total. The van der Waals surface area contributed by atoms with Crippen molar-refractivity contribution in [1.82, 2.24) is 14.9 Å². The number of hydrogen-bond acceptors (Lipinski definition) is 3. The number of carbonyl (C=O) groups excluding carboxylic acids is 1. The molecule has 1 amide bonds. The molecular formula is C18H22BrN3O2. The van der Waals surface area contributed by atoms with E-state index >= 15 is 0 Å². The molecule has 0 unspecified atom stereocenters. The fourth-order valence-corrected chi connectivity index (χ4v) is 3.30. The molecule has 0 saturated carbocycles. The Bertz CT molecular complexity index is 736. The van der Waals surface area contributed by atoms with Crippen LogP contribution in [0.15, 0.2) is 34.9 Å². The summed E-state index contributed by atoms with van der Waals surface area (Å²) in [5, 5.41) is 0. The molecule has 1 fully saturated rings. The highest BCUT2D eigenvalue weighted by Crippen LogP contribution is 2.33. The Morgan fingerprint density at radius 1 is 1.42 bits per heavy atom. The van der Waals surface area contributed by atoms with Crippen molar-refractivity contribution in [2.75, 3.05) is 6.54 Å². The molecule has 1 aromatic carbocycles. The van der Waals surface area contributed by atoms with Gasteiger partial charge in [0.2, 0.25) is 0 Å². The third-order valence-electron chi connectivity index (χ3n) is 3.93. The molecule has 1 N–H and O–H groups in total. The normalized spacial score (nSPS) is 18.0. The van der Waals surface area contributed by atoms with Gasteiger partial charge >= 0.3 is 6.09 Å². The summed E-state index contributed by atoms with van der Waals surface area (Å²) < 4.78 is 6.54. The van der Waals surface area contributed by atoms with E-state index in [0.717, 1.165) is 34.4 Å². The standard InChI is InChI=1S/C18H22BrN3O2/c1-18(2,3)24-17(23)22-9-5-8-15(22)16-20-11-14(21-16)12-6-4-7-13(19)10-12/h4,6-7,10-11,15H,5,8-9H2,1-3H3,(H,20,21)/t15-/m1/s1. The van der Waals surface area contributed by atoms with E-state index in [4.69, 9.17) is 4.74 Å². The van der Waals surface area contributed by atoms with Gasteiger partial charge in [-0.2, -0.15) is 0 Å². The topological polar surface area (TPSA) is 58.2 Å². The molecule has 1 aliphatic rings. The molecule has 1 saturated heterocycles. The maximum Gasteiger partial charge on any atom is 0.410 e. The van der Waals surface area contributed by atoms with E-state index < -0.39 is 5.60 Å². The number of nitrogens with one attached hydrogen (secondary N) is 1. The minimum Gasteiger partial charge on any atom is -0.444 e. The first kappa shape index (κ1) is 17.0. The number of nitrogens with zero attached hydrogens (tertiary/aromatic N) is 2. The third-order valence-corrected chi connectivity index (χ3v) is 4.42. The van der Waals surface area contributed by atoms with Crippen molar-refractivity contribution in [3.63, 3.8) is 0 Å². The number of aromatic nitrogens is 2. The SMILES string of the molecule is CC(C)(C)OC(=O)N1CCC[C@@H]1c1ncc(-c2cccc(Br)c2)[nH]1. The van der Waals surface area contributed by atoms with Crippen molar-refractivity contribution in [3.8, 4) is 11.3 Å². The summed E-state index contributed by atoms with van der Waals surface area (Å²) in [7, 11) is 0. The van der Waals surface area contributed by atoms with Gasteiger partial charge in [-0.3, -0.25) is 4.90 Å². The first-order valence-corrected chi connectivity index (χ1v) is 8.93. The highest BCUT2D eigenvalue weighted by Gasteiger charge is 2.34. The summed E-state index contributed by atoms with van der Waals surface area (Å²) in [6, 6.07) is 7.99. The van der Waals surface area contributed by atoms with Crippen LogP contribution < -0.4 is 0 Å². The Morgan fingerprint density at radius 2 is 2.21 bits per heavy atom. The van der Waals surface area contributed by atoms with Crippen molar-refractivity contribution < 1.29 is 9.53 Å². The van der Waals surface area contributed by atoms with Gasteiger partial charge in [0.1, 0.15) is 11.4 Å². The summed E-state index contributed by atoms with van der Waals surface area (Å²) in [4.78, 5) is 22.1. The van der Waals surface area contributed by atoms with E-state index in [0.29, 0.717) is 6.54 Å². The van der Waals surface area contributed by atoms with Crippen molar-refractivity contribution in [2.24, 2.45) is 0 Å². The summed E-state index contributed by atoms with van der Waals surface area (Å²) in [5.41, 5.74) is 1.52. The third kappa shape index (κ3) is 3.80. The van der Waals surface area contributed by atoms with Gasteiger partial charge in [0.25, 0.3) is 0 Å². The second-order valence-electron chi connectivity index (χ2n) is 7.02. The highest BCUT2D eigenvalue weighted by atomic mass is 79.9. The summed E-state index contributed by atoms with van der Waals surface area (Å²) in [6.45, 7) is 6.35. The second kappa shape index (κ2) is 6.59. The summed E-state index contributed by atoms with van der Waals surface area (Å²) in [5.74, 6) is 0.813. The molecule has 24 heavy (non-hydrogen) atoms.